The zero-order valence-corrected chi connectivity index (χ0v) is 8.38. The molecule has 1 amide bonds. The van der Waals surface area contributed by atoms with Gasteiger partial charge in [-0.15, -0.1) is 0 Å². The fraction of sp³-hybridized carbons (Fsp3) is 0.333. The first-order valence-corrected chi connectivity index (χ1v) is 4.36. The number of anilines is 2. The molecule has 6 nitrogen and oxygen atoms in total. The minimum atomic E-state index is -1.04. The summed E-state index contributed by atoms with van der Waals surface area (Å²) in [7, 11) is 1.52. The van der Waals surface area contributed by atoms with Crippen LogP contribution in [0.5, 0.6) is 0 Å². The van der Waals surface area contributed by atoms with Crippen molar-refractivity contribution in [2.75, 3.05) is 30.9 Å². The third kappa shape index (κ3) is 3.10. The first-order valence-electron chi connectivity index (χ1n) is 4.36. The molecule has 0 atom stereocenters. The largest absolute Gasteiger partial charge is 0.465 e. The quantitative estimate of drug-likeness (QED) is 0.768. The molecule has 3 N–H and O–H groups in total. The molecule has 82 valence electrons. The van der Waals surface area contributed by atoms with Crippen LogP contribution in [0.25, 0.3) is 0 Å². The van der Waals surface area contributed by atoms with Crippen LogP contribution < -0.4 is 10.6 Å². The van der Waals surface area contributed by atoms with E-state index in [1.165, 1.54) is 13.3 Å². The molecule has 0 fully saturated rings. The highest BCUT2D eigenvalue weighted by atomic mass is 16.5. The summed E-state index contributed by atoms with van der Waals surface area (Å²) in [6, 6.07) is 3.16. The summed E-state index contributed by atoms with van der Waals surface area (Å²) in [4.78, 5) is 15.9. The Kier molecular flexibility index (Phi) is 3.87. The lowest BCUT2D eigenvalue weighted by atomic mass is 10.3. The highest BCUT2D eigenvalue weighted by Crippen LogP contribution is 2.13. The number of rotatable bonds is 4. The number of aromatic nitrogens is 1. The van der Waals surface area contributed by atoms with E-state index in [9.17, 15) is 4.79 Å². The number of hydrogen-bond acceptors (Lipinski definition) is 4. The van der Waals surface area contributed by atoms with Gasteiger partial charge >= 0.3 is 6.09 Å². The van der Waals surface area contributed by atoms with E-state index in [0.717, 1.165) is 4.90 Å². The van der Waals surface area contributed by atoms with Crippen LogP contribution in [0.4, 0.5) is 16.3 Å². The number of nitrogens with two attached hydrogens (primary N) is 1. The van der Waals surface area contributed by atoms with Crippen molar-refractivity contribution in [1.29, 1.82) is 0 Å². The molecule has 1 aromatic heterocycles. The average Bonchev–Trinajstić information content (AvgIpc) is 2.21. The van der Waals surface area contributed by atoms with Crippen molar-refractivity contribution in [2.24, 2.45) is 0 Å². The van der Waals surface area contributed by atoms with E-state index in [2.05, 4.69) is 4.98 Å². The van der Waals surface area contributed by atoms with Crippen LogP contribution in [0.1, 0.15) is 0 Å². The van der Waals surface area contributed by atoms with Gasteiger partial charge in [-0.25, -0.2) is 9.78 Å². The topological polar surface area (TPSA) is 88.7 Å². The second-order valence-electron chi connectivity index (χ2n) is 2.87. The summed E-state index contributed by atoms with van der Waals surface area (Å²) in [6.07, 6.45) is 0.373. The Morgan fingerprint density at radius 3 is 2.87 bits per heavy atom. The molecule has 0 saturated heterocycles. The predicted molar refractivity (Wildman–Crippen MR) is 55.9 cm³/mol. The summed E-state index contributed by atoms with van der Waals surface area (Å²) < 4.78 is 4.82. The third-order valence-electron chi connectivity index (χ3n) is 1.83. The Labute approximate surface area is 87.3 Å². The maximum absolute atomic E-state index is 10.9. The van der Waals surface area contributed by atoms with E-state index >= 15 is 0 Å². The molecule has 0 aromatic carbocycles. The standard InChI is InChI=1S/C9H13N3O3/c1-15-5-4-12(9(13)14)7-2-3-8(10)11-6-7/h2-3,6H,4-5H2,1H3,(H2,10,11)(H,13,14). The first kappa shape index (κ1) is 11.3. The zero-order valence-electron chi connectivity index (χ0n) is 8.38. The molecule has 1 rings (SSSR count). The predicted octanol–water partition coefficient (Wildman–Crippen LogP) is 0.795. The second-order valence-corrected chi connectivity index (χ2v) is 2.87. The van der Waals surface area contributed by atoms with E-state index in [1.807, 2.05) is 0 Å². The smallest absolute Gasteiger partial charge is 0.411 e. The Morgan fingerprint density at radius 2 is 2.40 bits per heavy atom. The van der Waals surface area contributed by atoms with E-state index in [-0.39, 0.29) is 6.54 Å². The van der Waals surface area contributed by atoms with Gasteiger partial charge in [0.2, 0.25) is 0 Å². The summed E-state index contributed by atoms with van der Waals surface area (Å²) in [5.74, 6) is 0.357. The van der Waals surface area contributed by atoms with Crippen molar-refractivity contribution in [3.8, 4) is 0 Å². The molecule has 1 heterocycles. The summed E-state index contributed by atoms with van der Waals surface area (Å²) in [5, 5.41) is 8.93. The number of nitrogen functional groups attached to an aromatic ring is 1. The van der Waals surface area contributed by atoms with Crippen LogP contribution in [0.2, 0.25) is 0 Å². The number of methoxy groups -OCH3 is 1. The van der Waals surface area contributed by atoms with Gasteiger partial charge < -0.3 is 15.6 Å². The van der Waals surface area contributed by atoms with Gasteiger partial charge in [0, 0.05) is 7.11 Å². The minimum absolute atomic E-state index is 0.261. The molecular formula is C9H13N3O3. The molecule has 0 bridgehead atoms. The van der Waals surface area contributed by atoms with Crippen LogP contribution in [0, 0.1) is 0 Å². The SMILES string of the molecule is COCCN(C(=O)O)c1ccc(N)nc1. The Balaban J connectivity index is 2.79. The molecule has 0 aliphatic carbocycles. The van der Waals surface area contributed by atoms with E-state index in [0.29, 0.717) is 18.1 Å². The van der Waals surface area contributed by atoms with Crippen LogP contribution >= 0.6 is 0 Å². The molecule has 0 saturated carbocycles. The van der Waals surface area contributed by atoms with Crippen LogP contribution in [0.15, 0.2) is 18.3 Å². The lowest BCUT2D eigenvalue weighted by Crippen LogP contribution is -2.32. The number of carbonyl (C=O) groups is 1. The lowest BCUT2D eigenvalue weighted by molar-refractivity contribution is 0.186. The van der Waals surface area contributed by atoms with Crippen molar-refractivity contribution in [1.82, 2.24) is 4.98 Å². The van der Waals surface area contributed by atoms with Crippen LogP contribution in [-0.4, -0.2) is 36.4 Å². The average molecular weight is 211 g/mol. The fourth-order valence-electron chi connectivity index (χ4n) is 1.07. The second kappa shape index (κ2) is 5.16. The number of hydrogen-bond donors (Lipinski definition) is 2. The van der Waals surface area contributed by atoms with Gasteiger partial charge in [0.1, 0.15) is 5.82 Å². The Bertz CT molecular complexity index is 326. The first-order chi connectivity index (χ1) is 7.15. The van der Waals surface area contributed by atoms with E-state index < -0.39 is 6.09 Å². The summed E-state index contributed by atoms with van der Waals surface area (Å²) in [5.41, 5.74) is 5.88. The molecular weight excluding hydrogens is 198 g/mol. The normalized spacial score (nSPS) is 9.93. The van der Waals surface area contributed by atoms with Crippen molar-refractivity contribution >= 4 is 17.6 Å². The molecule has 1 aromatic rings. The van der Waals surface area contributed by atoms with Gasteiger partial charge in [-0.2, -0.15) is 0 Å². The minimum Gasteiger partial charge on any atom is -0.465 e. The fourth-order valence-corrected chi connectivity index (χ4v) is 1.07. The van der Waals surface area contributed by atoms with E-state index in [1.54, 1.807) is 12.1 Å². The summed E-state index contributed by atoms with van der Waals surface area (Å²) in [6.45, 7) is 0.591. The summed E-state index contributed by atoms with van der Waals surface area (Å²) >= 11 is 0. The van der Waals surface area contributed by atoms with Crippen molar-refractivity contribution in [3.05, 3.63) is 18.3 Å². The van der Waals surface area contributed by atoms with Crippen LogP contribution in [-0.2, 0) is 4.74 Å². The third-order valence-corrected chi connectivity index (χ3v) is 1.83. The molecule has 15 heavy (non-hydrogen) atoms. The lowest BCUT2D eigenvalue weighted by Gasteiger charge is -2.18. The zero-order chi connectivity index (χ0) is 11.3. The van der Waals surface area contributed by atoms with Gasteiger partial charge in [0.15, 0.2) is 0 Å². The van der Waals surface area contributed by atoms with E-state index in [4.69, 9.17) is 15.6 Å². The van der Waals surface area contributed by atoms with Gasteiger partial charge in [-0.1, -0.05) is 0 Å². The monoisotopic (exact) mass is 211 g/mol. The maximum atomic E-state index is 10.9. The molecule has 0 spiro atoms. The van der Waals surface area contributed by atoms with Crippen molar-refractivity contribution < 1.29 is 14.6 Å². The number of nitrogens with zero attached hydrogens (tertiary/aromatic N) is 2. The molecule has 0 aliphatic rings. The number of ether oxygens (including phenoxy) is 1. The molecule has 0 unspecified atom stereocenters. The maximum Gasteiger partial charge on any atom is 0.411 e. The Morgan fingerprint density at radius 1 is 1.67 bits per heavy atom. The van der Waals surface area contributed by atoms with Gasteiger partial charge in [0.25, 0.3) is 0 Å². The van der Waals surface area contributed by atoms with Crippen LogP contribution in [0.3, 0.4) is 0 Å². The van der Waals surface area contributed by atoms with Gasteiger partial charge in [-0.05, 0) is 12.1 Å². The van der Waals surface area contributed by atoms with Gasteiger partial charge in [-0.3, -0.25) is 4.90 Å². The van der Waals surface area contributed by atoms with Gasteiger partial charge in [0.05, 0.1) is 25.0 Å². The number of pyridine rings is 1. The Hall–Kier alpha value is -1.82. The highest BCUT2D eigenvalue weighted by Gasteiger charge is 2.13. The molecule has 6 heteroatoms. The number of amides is 1. The van der Waals surface area contributed by atoms with Crippen molar-refractivity contribution in [3.63, 3.8) is 0 Å². The molecule has 0 aliphatic heterocycles. The number of carboxylic acid groups (broad SMARTS) is 1. The molecule has 0 radical (unpaired) electrons. The van der Waals surface area contributed by atoms with Crippen molar-refractivity contribution in [2.45, 2.75) is 0 Å². The highest BCUT2D eigenvalue weighted by molar-refractivity contribution is 5.85.